The zero-order valence-corrected chi connectivity index (χ0v) is 8.41. The van der Waals surface area contributed by atoms with E-state index in [1.54, 1.807) is 0 Å². The number of H-pyrrole nitrogens is 1. The zero-order chi connectivity index (χ0) is 11.4. The number of nitrogens with zero attached hydrogens (tertiary/aromatic N) is 1. The summed E-state index contributed by atoms with van der Waals surface area (Å²) in [6.45, 7) is 1.95. The number of aryl methyl sites for hydroxylation is 1. The second-order valence-electron chi connectivity index (χ2n) is 3.20. The van der Waals surface area contributed by atoms with Crippen molar-refractivity contribution < 1.29 is 9.90 Å². The normalized spacial score (nSPS) is 10.2. The first-order valence-electron chi connectivity index (χ1n) is 4.64. The second-order valence-corrected chi connectivity index (χ2v) is 3.20. The van der Waals surface area contributed by atoms with Gasteiger partial charge < -0.3 is 15.8 Å². The lowest BCUT2D eigenvalue weighted by atomic mass is 10.2. The van der Waals surface area contributed by atoms with Gasteiger partial charge in [0.2, 0.25) is 0 Å². The van der Waals surface area contributed by atoms with Gasteiger partial charge in [0, 0.05) is 6.42 Å². The monoisotopic (exact) mass is 211 g/mol. The molecule has 0 amide bonds. The number of hydrogen-bond acceptors (Lipinski definition) is 4. The number of aliphatic carboxylic acids is 1. The molecule has 0 atom stereocenters. The second kappa shape index (κ2) is 4.59. The maximum atomic E-state index is 11.4. The summed E-state index contributed by atoms with van der Waals surface area (Å²) in [6.07, 6.45) is 1.05. The average Bonchev–Trinajstić information content (AvgIpc) is 2.11. The van der Waals surface area contributed by atoms with Gasteiger partial charge in [-0.15, -0.1) is 0 Å². The van der Waals surface area contributed by atoms with Gasteiger partial charge >= 0.3 is 5.97 Å². The smallest absolute Gasteiger partial charge is 0.308 e. The number of carboxylic acids is 1. The van der Waals surface area contributed by atoms with Crippen molar-refractivity contribution in [2.45, 2.75) is 26.2 Å². The quantitative estimate of drug-likeness (QED) is 0.646. The summed E-state index contributed by atoms with van der Waals surface area (Å²) >= 11 is 0. The Morgan fingerprint density at radius 1 is 1.60 bits per heavy atom. The van der Waals surface area contributed by atoms with Crippen LogP contribution in [0.5, 0.6) is 0 Å². The number of hydrogen-bond donors (Lipinski definition) is 3. The summed E-state index contributed by atoms with van der Waals surface area (Å²) in [6, 6.07) is 0. The van der Waals surface area contributed by atoms with Crippen LogP contribution in [0, 0.1) is 0 Å². The fourth-order valence-corrected chi connectivity index (χ4v) is 1.24. The van der Waals surface area contributed by atoms with Crippen molar-refractivity contribution in [1.82, 2.24) is 9.97 Å². The summed E-state index contributed by atoms with van der Waals surface area (Å²) in [4.78, 5) is 28.3. The number of rotatable bonds is 4. The highest BCUT2D eigenvalue weighted by atomic mass is 16.4. The Kier molecular flexibility index (Phi) is 3.43. The van der Waals surface area contributed by atoms with Gasteiger partial charge in [-0.2, -0.15) is 0 Å². The Morgan fingerprint density at radius 3 is 2.73 bits per heavy atom. The molecular weight excluding hydrogens is 198 g/mol. The van der Waals surface area contributed by atoms with Crippen LogP contribution in [0.3, 0.4) is 0 Å². The molecule has 0 aromatic carbocycles. The molecule has 0 bridgehead atoms. The number of carboxylic acid groups (broad SMARTS) is 1. The van der Waals surface area contributed by atoms with Gasteiger partial charge in [0.1, 0.15) is 11.6 Å². The predicted molar refractivity (Wildman–Crippen MR) is 54.6 cm³/mol. The Morgan fingerprint density at radius 2 is 2.27 bits per heavy atom. The minimum Gasteiger partial charge on any atom is -0.481 e. The first-order chi connectivity index (χ1) is 7.04. The van der Waals surface area contributed by atoms with Crippen LogP contribution in [0.1, 0.15) is 24.7 Å². The van der Waals surface area contributed by atoms with E-state index in [9.17, 15) is 9.59 Å². The number of carbonyl (C=O) groups is 1. The van der Waals surface area contributed by atoms with E-state index in [1.807, 2.05) is 6.92 Å². The molecule has 6 nitrogen and oxygen atoms in total. The molecule has 1 aromatic rings. The molecular formula is C9H13N3O3. The summed E-state index contributed by atoms with van der Waals surface area (Å²) in [5, 5.41) is 8.55. The highest BCUT2D eigenvalue weighted by Gasteiger charge is 2.11. The zero-order valence-electron chi connectivity index (χ0n) is 8.41. The van der Waals surface area contributed by atoms with Gasteiger partial charge in [0.25, 0.3) is 5.56 Å². The van der Waals surface area contributed by atoms with E-state index in [2.05, 4.69) is 9.97 Å². The molecule has 0 saturated heterocycles. The number of aromatic amines is 1. The fourth-order valence-electron chi connectivity index (χ4n) is 1.24. The van der Waals surface area contributed by atoms with E-state index in [0.717, 1.165) is 6.42 Å². The van der Waals surface area contributed by atoms with Crippen molar-refractivity contribution in [1.29, 1.82) is 0 Å². The maximum Gasteiger partial charge on any atom is 0.308 e. The highest BCUT2D eigenvalue weighted by Crippen LogP contribution is 2.04. The van der Waals surface area contributed by atoms with Crippen molar-refractivity contribution in [3.63, 3.8) is 0 Å². The molecule has 1 rings (SSSR count). The Hall–Kier alpha value is -1.85. The number of aromatic nitrogens is 2. The lowest BCUT2D eigenvalue weighted by molar-refractivity contribution is -0.136. The summed E-state index contributed by atoms with van der Waals surface area (Å²) in [5.41, 5.74) is 5.06. The topological polar surface area (TPSA) is 109 Å². The van der Waals surface area contributed by atoms with Crippen LogP contribution in [0.25, 0.3) is 0 Å². The first-order valence-corrected chi connectivity index (χ1v) is 4.64. The van der Waals surface area contributed by atoms with Gasteiger partial charge in [-0.05, 0) is 6.42 Å². The van der Waals surface area contributed by atoms with E-state index >= 15 is 0 Å². The molecule has 4 N–H and O–H groups in total. The van der Waals surface area contributed by atoms with Crippen LogP contribution in [-0.4, -0.2) is 21.0 Å². The van der Waals surface area contributed by atoms with E-state index in [4.69, 9.17) is 10.8 Å². The van der Waals surface area contributed by atoms with E-state index < -0.39 is 17.9 Å². The molecule has 0 fully saturated rings. The summed E-state index contributed by atoms with van der Waals surface area (Å²) in [7, 11) is 0. The minimum atomic E-state index is -1.10. The van der Waals surface area contributed by atoms with Crippen LogP contribution >= 0.6 is 0 Å². The molecule has 6 heteroatoms. The van der Waals surface area contributed by atoms with Crippen molar-refractivity contribution in [2.75, 3.05) is 5.73 Å². The maximum absolute atomic E-state index is 11.4. The van der Waals surface area contributed by atoms with Crippen LogP contribution in [-0.2, 0) is 17.6 Å². The van der Waals surface area contributed by atoms with E-state index in [1.165, 1.54) is 0 Å². The van der Waals surface area contributed by atoms with Crippen LogP contribution in [0.15, 0.2) is 4.79 Å². The minimum absolute atomic E-state index is 0.00426. The molecule has 15 heavy (non-hydrogen) atoms. The molecule has 82 valence electrons. The van der Waals surface area contributed by atoms with Crippen molar-refractivity contribution in [3.05, 3.63) is 21.7 Å². The fraction of sp³-hybridized carbons (Fsp3) is 0.444. The highest BCUT2D eigenvalue weighted by molar-refractivity contribution is 5.71. The third-order valence-corrected chi connectivity index (χ3v) is 1.91. The SMILES string of the molecule is CCCc1nc(N)c(CC(=O)O)c(=O)[nH]1. The van der Waals surface area contributed by atoms with Gasteiger partial charge in [-0.1, -0.05) is 6.92 Å². The summed E-state index contributed by atoms with van der Waals surface area (Å²) < 4.78 is 0. The number of nitrogen functional groups attached to an aromatic ring is 1. The molecule has 0 radical (unpaired) electrons. The van der Waals surface area contributed by atoms with Crippen molar-refractivity contribution >= 4 is 11.8 Å². The van der Waals surface area contributed by atoms with Crippen LogP contribution in [0.2, 0.25) is 0 Å². The summed E-state index contributed by atoms with van der Waals surface area (Å²) in [5.74, 6) is -0.601. The van der Waals surface area contributed by atoms with E-state index in [0.29, 0.717) is 12.2 Å². The van der Waals surface area contributed by atoms with Gasteiger partial charge in [-0.25, -0.2) is 4.98 Å². The van der Waals surface area contributed by atoms with Crippen molar-refractivity contribution in [3.8, 4) is 0 Å². The number of nitrogens with two attached hydrogens (primary N) is 1. The molecule has 0 saturated carbocycles. The largest absolute Gasteiger partial charge is 0.481 e. The molecule has 1 aromatic heterocycles. The molecule has 0 spiro atoms. The van der Waals surface area contributed by atoms with Crippen LogP contribution < -0.4 is 11.3 Å². The van der Waals surface area contributed by atoms with Gasteiger partial charge in [-0.3, -0.25) is 9.59 Å². The molecule has 0 aliphatic carbocycles. The Balaban J connectivity index is 3.10. The molecule has 0 aliphatic heterocycles. The lowest BCUT2D eigenvalue weighted by Gasteiger charge is -2.03. The van der Waals surface area contributed by atoms with Crippen molar-refractivity contribution in [2.24, 2.45) is 0 Å². The van der Waals surface area contributed by atoms with E-state index in [-0.39, 0.29) is 11.4 Å². The van der Waals surface area contributed by atoms with Crippen LogP contribution in [0.4, 0.5) is 5.82 Å². The predicted octanol–water partition coefficient (Wildman–Crippen LogP) is -0.0683. The average molecular weight is 211 g/mol. The third kappa shape index (κ3) is 2.80. The standard InChI is InChI=1S/C9H13N3O3/c1-2-3-6-11-8(10)5(4-7(13)14)9(15)12-6/h2-4H2,1H3,(H,13,14)(H3,10,11,12,15). The van der Waals surface area contributed by atoms with Gasteiger partial charge in [0.15, 0.2) is 0 Å². The molecule has 0 aliphatic rings. The molecule has 1 heterocycles. The molecule has 0 unspecified atom stereocenters. The lowest BCUT2D eigenvalue weighted by Crippen LogP contribution is -2.22. The number of nitrogens with one attached hydrogen (secondary N) is 1. The third-order valence-electron chi connectivity index (χ3n) is 1.91. The first kappa shape index (κ1) is 11.2. The Labute approximate surface area is 86.2 Å². The number of anilines is 1. The van der Waals surface area contributed by atoms with Gasteiger partial charge in [0.05, 0.1) is 12.0 Å². The Bertz CT molecular complexity index is 425.